The molecule has 0 aromatic heterocycles. The summed E-state index contributed by atoms with van der Waals surface area (Å²) in [6, 6.07) is 4.56. The van der Waals surface area contributed by atoms with Gasteiger partial charge in [0, 0.05) is 28.1 Å². The zero-order chi connectivity index (χ0) is 21.5. The van der Waals surface area contributed by atoms with Crippen molar-refractivity contribution in [2.24, 2.45) is 5.92 Å². The maximum Gasteiger partial charge on any atom is 0.251 e. The molecule has 0 bridgehead atoms. The Morgan fingerprint density at radius 2 is 1.73 bits per heavy atom. The smallest absolute Gasteiger partial charge is 0.251 e. The molecule has 0 unspecified atom stereocenters. The molecule has 1 saturated heterocycles. The number of carbonyl (C=O) groups excluding carboxylic acids is 2. The van der Waals surface area contributed by atoms with Crippen molar-refractivity contribution in [3.8, 4) is 0 Å². The van der Waals surface area contributed by atoms with Crippen molar-refractivity contribution in [3.63, 3.8) is 0 Å². The van der Waals surface area contributed by atoms with Crippen molar-refractivity contribution in [2.45, 2.75) is 69.6 Å². The number of halogens is 2. The third kappa shape index (κ3) is 6.58. The van der Waals surface area contributed by atoms with E-state index >= 15 is 0 Å². The number of amides is 2. The molecule has 1 saturated carbocycles. The van der Waals surface area contributed by atoms with Gasteiger partial charge < -0.3 is 20.5 Å². The van der Waals surface area contributed by atoms with Crippen LogP contribution in [-0.4, -0.2) is 48.3 Å². The Morgan fingerprint density at radius 1 is 1.03 bits per heavy atom. The fourth-order valence-electron chi connectivity index (χ4n) is 4.31. The second-order valence-corrected chi connectivity index (χ2v) is 9.08. The van der Waals surface area contributed by atoms with Crippen LogP contribution in [0.5, 0.6) is 0 Å². The van der Waals surface area contributed by atoms with Gasteiger partial charge in [-0.1, -0.05) is 42.5 Å². The largest absolute Gasteiger partial charge is 0.394 e. The normalized spacial score (nSPS) is 25.0. The lowest BCUT2D eigenvalue weighted by Crippen LogP contribution is -2.52. The lowest BCUT2D eigenvalue weighted by atomic mass is 9.88. The summed E-state index contributed by atoms with van der Waals surface area (Å²) in [6.45, 7) is 0.296. The lowest BCUT2D eigenvalue weighted by molar-refractivity contribution is -0.132. The van der Waals surface area contributed by atoms with Gasteiger partial charge in [0.25, 0.3) is 5.91 Å². The van der Waals surface area contributed by atoms with Crippen molar-refractivity contribution in [2.75, 3.05) is 13.2 Å². The van der Waals surface area contributed by atoms with E-state index in [1.807, 2.05) is 0 Å². The van der Waals surface area contributed by atoms with Crippen LogP contribution >= 0.6 is 23.2 Å². The number of rotatable bonds is 7. The molecule has 8 heteroatoms. The summed E-state index contributed by atoms with van der Waals surface area (Å²) in [5, 5.41) is 16.5. The first-order valence-corrected chi connectivity index (χ1v) is 11.5. The molecular formula is C22H30Cl2N2O4. The minimum atomic E-state index is -0.418. The number of ether oxygens (including phenoxy) is 1. The molecule has 0 radical (unpaired) electrons. The Labute approximate surface area is 187 Å². The van der Waals surface area contributed by atoms with Crippen LogP contribution in [0.3, 0.4) is 0 Å². The fourth-order valence-corrected chi connectivity index (χ4v) is 4.83. The molecule has 2 fully saturated rings. The van der Waals surface area contributed by atoms with E-state index in [0.717, 1.165) is 38.5 Å². The van der Waals surface area contributed by atoms with Crippen molar-refractivity contribution < 1.29 is 19.4 Å². The van der Waals surface area contributed by atoms with E-state index in [-0.39, 0.29) is 36.5 Å². The third-order valence-corrected chi connectivity index (χ3v) is 6.41. The highest BCUT2D eigenvalue weighted by Crippen LogP contribution is 2.26. The molecular weight excluding hydrogens is 427 g/mol. The first kappa shape index (κ1) is 23.3. The summed E-state index contributed by atoms with van der Waals surface area (Å²) in [6.07, 6.45) is 6.98. The SMILES string of the molecule is O=C(NCC[C@@H]1CC[C@@H](NC(=O)C2CCCCC2)[C@H](CO)O1)c1cc(Cl)cc(Cl)c1. The second-order valence-electron chi connectivity index (χ2n) is 8.21. The molecule has 1 aromatic rings. The van der Waals surface area contributed by atoms with E-state index in [9.17, 15) is 14.7 Å². The zero-order valence-electron chi connectivity index (χ0n) is 17.0. The van der Waals surface area contributed by atoms with E-state index in [0.29, 0.717) is 28.6 Å². The summed E-state index contributed by atoms with van der Waals surface area (Å²) in [5.74, 6) is -0.0646. The molecule has 0 spiro atoms. The maximum absolute atomic E-state index is 12.5. The molecule has 166 valence electrons. The summed E-state index contributed by atoms with van der Waals surface area (Å²) in [5.41, 5.74) is 0.413. The van der Waals surface area contributed by atoms with Gasteiger partial charge in [0.15, 0.2) is 0 Å². The molecule has 3 N–H and O–H groups in total. The van der Waals surface area contributed by atoms with Crippen LogP contribution < -0.4 is 10.6 Å². The van der Waals surface area contributed by atoms with Gasteiger partial charge in [-0.25, -0.2) is 0 Å². The Bertz CT molecular complexity index is 720. The van der Waals surface area contributed by atoms with Crippen molar-refractivity contribution in [1.82, 2.24) is 10.6 Å². The topological polar surface area (TPSA) is 87.7 Å². The Kier molecular flexibility index (Phi) is 8.81. The molecule has 2 amide bonds. The van der Waals surface area contributed by atoms with Gasteiger partial charge in [0.2, 0.25) is 5.91 Å². The Balaban J connectivity index is 1.43. The summed E-state index contributed by atoms with van der Waals surface area (Å²) in [7, 11) is 0. The number of hydrogen-bond acceptors (Lipinski definition) is 4. The molecule has 30 heavy (non-hydrogen) atoms. The van der Waals surface area contributed by atoms with Crippen LogP contribution in [-0.2, 0) is 9.53 Å². The van der Waals surface area contributed by atoms with Gasteiger partial charge in [-0.05, 0) is 50.3 Å². The highest BCUT2D eigenvalue weighted by Gasteiger charge is 2.33. The molecule has 3 rings (SSSR count). The van der Waals surface area contributed by atoms with Gasteiger partial charge in [-0.3, -0.25) is 9.59 Å². The second kappa shape index (κ2) is 11.3. The van der Waals surface area contributed by atoms with Crippen LogP contribution in [0.15, 0.2) is 18.2 Å². The van der Waals surface area contributed by atoms with E-state index in [4.69, 9.17) is 27.9 Å². The van der Waals surface area contributed by atoms with E-state index in [1.165, 1.54) is 6.42 Å². The van der Waals surface area contributed by atoms with Gasteiger partial charge in [0.05, 0.1) is 18.8 Å². The third-order valence-electron chi connectivity index (χ3n) is 5.98. The van der Waals surface area contributed by atoms with Crippen molar-refractivity contribution in [1.29, 1.82) is 0 Å². The van der Waals surface area contributed by atoms with Gasteiger partial charge in [0.1, 0.15) is 6.10 Å². The molecule has 1 aromatic carbocycles. The number of aliphatic hydroxyl groups excluding tert-OH is 1. The van der Waals surface area contributed by atoms with E-state index in [1.54, 1.807) is 18.2 Å². The Morgan fingerprint density at radius 3 is 2.40 bits per heavy atom. The first-order chi connectivity index (χ1) is 14.5. The predicted octanol–water partition coefficient (Wildman–Crippen LogP) is 3.72. The number of nitrogens with one attached hydrogen (secondary N) is 2. The lowest BCUT2D eigenvalue weighted by Gasteiger charge is -2.37. The minimum absolute atomic E-state index is 0.0757. The number of hydrogen-bond donors (Lipinski definition) is 3. The van der Waals surface area contributed by atoms with Crippen LogP contribution in [0.2, 0.25) is 10.0 Å². The number of carbonyl (C=O) groups is 2. The van der Waals surface area contributed by atoms with Crippen LogP contribution in [0, 0.1) is 5.92 Å². The average molecular weight is 457 g/mol. The van der Waals surface area contributed by atoms with E-state index in [2.05, 4.69) is 10.6 Å². The zero-order valence-corrected chi connectivity index (χ0v) is 18.6. The standard InChI is InChI=1S/C22H30Cl2N2O4/c23-16-10-15(11-17(24)12-16)21(28)25-9-8-18-6-7-19(20(13-27)30-18)26-22(29)14-4-2-1-3-5-14/h10-12,14,18-20,27H,1-9,13H2,(H,25,28)(H,26,29)/t18-,19+,20-/m0/s1. The van der Waals surface area contributed by atoms with Crippen LogP contribution in [0.1, 0.15) is 61.7 Å². The molecule has 6 nitrogen and oxygen atoms in total. The highest BCUT2D eigenvalue weighted by molar-refractivity contribution is 6.35. The maximum atomic E-state index is 12.5. The first-order valence-electron chi connectivity index (χ1n) is 10.8. The van der Waals surface area contributed by atoms with Gasteiger partial charge in [-0.2, -0.15) is 0 Å². The summed E-state index contributed by atoms with van der Waals surface area (Å²) in [4.78, 5) is 24.8. The van der Waals surface area contributed by atoms with E-state index < -0.39 is 6.10 Å². The molecule has 3 atom stereocenters. The van der Waals surface area contributed by atoms with Gasteiger partial charge >= 0.3 is 0 Å². The summed E-state index contributed by atoms with van der Waals surface area (Å²) < 4.78 is 6.00. The number of benzene rings is 1. The van der Waals surface area contributed by atoms with Crippen LogP contribution in [0.25, 0.3) is 0 Å². The van der Waals surface area contributed by atoms with Crippen LogP contribution in [0.4, 0.5) is 0 Å². The van der Waals surface area contributed by atoms with Gasteiger partial charge in [-0.15, -0.1) is 0 Å². The minimum Gasteiger partial charge on any atom is -0.394 e. The summed E-state index contributed by atoms with van der Waals surface area (Å²) >= 11 is 11.9. The molecule has 2 aliphatic rings. The number of aliphatic hydroxyl groups is 1. The highest BCUT2D eigenvalue weighted by atomic mass is 35.5. The predicted molar refractivity (Wildman–Crippen MR) is 117 cm³/mol. The monoisotopic (exact) mass is 456 g/mol. The van der Waals surface area contributed by atoms with Crippen molar-refractivity contribution in [3.05, 3.63) is 33.8 Å². The Hall–Kier alpha value is -1.34. The molecule has 1 aliphatic heterocycles. The fraction of sp³-hybridized carbons (Fsp3) is 0.636. The van der Waals surface area contributed by atoms with Crippen molar-refractivity contribution >= 4 is 35.0 Å². The average Bonchev–Trinajstić information content (AvgIpc) is 2.74. The molecule has 1 aliphatic carbocycles. The molecule has 1 heterocycles. The quantitative estimate of drug-likeness (QED) is 0.583.